The highest BCUT2D eigenvalue weighted by molar-refractivity contribution is 7.89. The zero-order chi connectivity index (χ0) is 16.3. The van der Waals surface area contributed by atoms with Crippen LogP contribution in [0.3, 0.4) is 0 Å². The maximum Gasteiger partial charge on any atom is 0.240 e. The molecule has 0 fully saturated rings. The third-order valence-electron chi connectivity index (χ3n) is 3.19. The van der Waals surface area contributed by atoms with E-state index in [2.05, 4.69) is 9.71 Å². The molecule has 0 spiro atoms. The second-order valence-corrected chi connectivity index (χ2v) is 7.01. The van der Waals surface area contributed by atoms with Crippen molar-refractivity contribution < 1.29 is 12.8 Å². The Kier molecular flexibility index (Phi) is 4.47. The third kappa shape index (κ3) is 3.79. The normalized spacial score (nSPS) is 11.5. The van der Waals surface area contributed by atoms with Crippen LogP contribution in [0.2, 0.25) is 5.02 Å². The van der Waals surface area contributed by atoms with Gasteiger partial charge in [0.2, 0.25) is 10.0 Å². The van der Waals surface area contributed by atoms with Crippen molar-refractivity contribution in [3.8, 4) is 11.5 Å². The summed E-state index contributed by atoms with van der Waals surface area (Å²) in [6.45, 7) is 0.154. The van der Waals surface area contributed by atoms with Gasteiger partial charge >= 0.3 is 0 Å². The van der Waals surface area contributed by atoms with E-state index in [0.717, 1.165) is 5.56 Å². The lowest BCUT2D eigenvalue weighted by Gasteiger charge is -2.07. The average molecular weight is 349 g/mol. The van der Waals surface area contributed by atoms with Crippen LogP contribution in [0.5, 0.6) is 0 Å². The summed E-state index contributed by atoms with van der Waals surface area (Å²) < 4.78 is 32.3. The highest BCUT2D eigenvalue weighted by atomic mass is 35.5. The van der Waals surface area contributed by atoms with Crippen molar-refractivity contribution >= 4 is 21.6 Å². The summed E-state index contributed by atoms with van der Waals surface area (Å²) in [6.07, 6.45) is 3.18. The molecule has 0 saturated heterocycles. The minimum Gasteiger partial charge on any atom is -0.463 e. The summed E-state index contributed by atoms with van der Waals surface area (Å²) in [5, 5.41) is 0.487. The largest absolute Gasteiger partial charge is 0.463 e. The van der Waals surface area contributed by atoms with Crippen LogP contribution in [0.15, 0.2) is 70.3 Å². The summed E-state index contributed by atoms with van der Waals surface area (Å²) in [5.41, 5.74) is 1.43. The van der Waals surface area contributed by atoms with Gasteiger partial charge in [0, 0.05) is 17.8 Å². The summed E-state index contributed by atoms with van der Waals surface area (Å²) >= 11 is 5.77. The number of furan rings is 1. The molecule has 5 nitrogen and oxygen atoms in total. The van der Waals surface area contributed by atoms with E-state index in [1.807, 2.05) is 0 Å². The zero-order valence-corrected chi connectivity index (χ0v) is 13.5. The molecular formula is C16H13ClN2O3S. The molecule has 0 unspecified atom stereocenters. The molecule has 2 heterocycles. The predicted octanol–water partition coefficient (Wildman–Crippen LogP) is 3.47. The number of benzene rings is 1. The smallest absolute Gasteiger partial charge is 0.240 e. The first-order valence-corrected chi connectivity index (χ1v) is 8.65. The van der Waals surface area contributed by atoms with Gasteiger partial charge in [-0.05, 0) is 54.1 Å². The fourth-order valence-corrected chi connectivity index (χ4v) is 3.16. The van der Waals surface area contributed by atoms with Crippen molar-refractivity contribution in [2.75, 3.05) is 0 Å². The van der Waals surface area contributed by atoms with Crippen molar-refractivity contribution in [1.82, 2.24) is 9.71 Å². The van der Waals surface area contributed by atoms with Crippen LogP contribution < -0.4 is 4.72 Å². The van der Waals surface area contributed by atoms with Gasteiger partial charge in [-0.15, -0.1) is 0 Å². The molecule has 1 N–H and O–H groups in total. The molecular weight excluding hydrogens is 336 g/mol. The molecule has 0 amide bonds. The second kappa shape index (κ2) is 6.54. The lowest BCUT2D eigenvalue weighted by Crippen LogP contribution is -2.23. The molecule has 0 aliphatic carbocycles. The first kappa shape index (κ1) is 15.7. The molecule has 3 aromatic rings. The van der Waals surface area contributed by atoms with Gasteiger partial charge in [-0.3, -0.25) is 4.98 Å². The van der Waals surface area contributed by atoms with Crippen LogP contribution in [-0.2, 0) is 16.6 Å². The van der Waals surface area contributed by atoms with E-state index in [0.29, 0.717) is 16.5 Å². The van der Waals surface area contributed by atoms with E-state index >= 15 is 0 Å². The molecule has 118 valence electrons. The first-order chi connectivity index (χ1) is 11.0. The number of aromatic nitrogens is 1. The Balaban J connectivity index is 1.75. The van der Waals surface area contributed by atoms with Crippen molar-refractivity contribution in [2.24, 2.45) is 0 Å². The van der Waals surface area contributed by atoms with Crippen LogP contribution in [0.1, 0.15) is 5.56 Å². The van der Waals surface area contributed by atoms with E-state index in [4.69, 9.17) is 16.0 Å². The van der Waals surface area contributed by atoms with Crippen LogP contribution in [0, 0.1) is 0 Å². The van der Waals surface area contributed by atoms with Crippen molar-refractivity contribution in [2.45, 2.75) is 11.4 Å². The SMILES string of the molecule is O=S(=O)(NCc1ccnc(-c2ccco2)c1)c1ccc(Cl)cc1. The Morgan fingerprint density at radius 3 is 2.61 bits per heavy atom. The van der Waals surface area contributed by atoms with E-state index in [1.165, 1.54) is 24.3 Å². The van der Waals surface area contributed by atoms with Gasteiger partial charge < -0.3 is 4.42 Å². The molecule has 3 rings (SSSR count). The number of nitrogens with one attached hydrogen (secondary N) is 1. The highest BCUT2D eigenvalue weighted by Gasteiger charge is 2.13. The van der Waals surface area contributed by atoms with E-state index in [9.17, 15) is 8.42 Å². The number of hydrogen-bond donors (Lipinski definition) is 1. The Labute approximate surface area is 139 Å². The Morgan fingerprint density at radius 2 is 1.91 bits per heavy atom. The molecule has 2 aromatic heterocycles. The van der Waals surface area contributed by atoms with Crippen molar-refractivity contribution in [3.05, 3.63) is 71.6 Å². The van der Waals surface area contributed by atoms with E-state index < -0.39 is 10.0 Å². The maximum absolute atomic E-state index is 12.2. The van der Waals surface area contributed by atoms with Gasteiger partial charge in [-0.25, -0.2) is 13.1 Å². The molecule has 0 aliphatic heterocycles. The van der Waals surface area contributed by atoms with Crippen LogP contribution in [0.25, 0.3) is 11.5 Å². The van der Waals surface area contributed by atoms with Gasteiger partial charge in [0.1, 0.15) is 5.69 Å². The van der Waals surface area contributed by atoms with Crippen LogP contribution in [-0.4, -0.2) is 13.4 Å². The zero-order valence-electron chi connectivity index (χ0n) is 11.9. The van der Waals surface area contributed by atoms with Gasteiger partial charge in [-0.2, -0.15) is 0 Å². The van der Waals surface area contributed by atoms with Gasteiger partial charge in [0.05, 0.1) is 11.2 Å². The standard InChI is InChI=1S/C16H13ClN2O3S/c17-13-3-5-14(6-4-13)23(20,21)19-11-12-7-8-18-15(10-12)16-2-1-9-22-16/h1-10,19H,11H2. The predicted molar refractivity (Wildman–Crippen MR) is 87.4 cm³/mol. The number of sulfonamides is 1. The molecule has 0 atom stereocenters. The number of rotatable bonds is 5. The minimum atomic E-state index is -3.59. The summed E-state index contributed by atoms with van der Waals surface area (Å²) in [7, 11) is -3.59. The quantitative estimate of drug-likeness (QED) is 0.766. The first-order valence-electron chi connectivity index (χ1n) is 6.79. The highest BCUT2D eigenvalue weighted by Crippen LogP contribution is 2.19. The molecule has 1 aromatic carbocycles. The summed E-state index contributed by atoms with van der Waals surface area (Å²) in [5.74, 6) is 0.632. The monoisotopic (exact) mass is 348 g/mol. The number of pyridine rings is 1. The molecule has 0 bridgehead atoms. The van der Waals surface area contributed by atoms with Gasteiger partial charge in [0.25, 0.3) is 0 Å². The van der Waals surface area contributed by atoms with Crippen molar-refractivity contribution in [1.29, 1.82) is 0 Å². The topological polar surface area (TPSA) is 72.2 Å². The molecule has 23 heavy (non-hydrogen) atoms. The van der Waals surface area contributed by atoms with E-state index in [1.54, 1.807) is 36.7 Å². The summed E-state index contributed by atoms with van der Waals surface area (Å²) in [4.78, 5) is 4.38. The maximum atomic E-state index is 12.2. The lowest BCUT2D eigenvalue weighted by atomic mass is 10.2. The second-order valence-electron chi connectivity index (χ2n) is 4.81. The van der Waals surface area contributed by atoms with Gasteiger partial charge in [-0.1, -0.05) is 11.6 Å². The minimum absolute atomic E-state index is 0.154. The number of nitrogens with zero attached hydrogens (tertiary/aromatic N) is 1. The number of hydrogen-bond acceptors (Lipinski definition) is 4. The summed E-state index contributed by atoms with van der Waals surface area (Å²) in [6, 6.07) is 13.1. The Bertz CT molecular complexity index is 891. The van der Waals surface area contributed by atoms with Crippen LogP contribution >= 0.6 is 11.6 Å². The molecule has 0 radical (unpaired) electrons. The average Bonchev–Trinajstić information content (AvgIpc) is 3.08. The molecule has 0 saturated carbocycles. The fraction of sp³-hybridized carbons (Fsp3) is 0.0625. The van der Waals surface area contributed by atoms with Crippen molar-refractivity contribution in [3.63, 3.8) is 0 Å². The number of halogens is 1. The Hall–Kier alpha value is -2.15. The third-order valence-corrected chi connectivity index (χ3v) is 4.86. The Morgan fingerprint density at radius 1 is 1.13 bits per heavy atom. The molecule has 0 aliphatic rings. The molecule has 7 heteroatoms. The lowest BCUT2D eigenvalue weighted by molar-refractivity contribution is 0.579. The van der Waals surface area contributed by atoms with E-state index in [-0.39, 0.29) is 11.4 Å². The van der Waals surface area contributed by atoms with Gasteiger partial charge in [0.15, 0.2) is 5.76 Å². The van der Waals surface area contributed by atoms with Crippen LogP contribution in [0.4, 0.5) is 0 Å². The fourth-order valence-electron chi connectivity index (χ4n) is 2.02.